The molecule has 5 rings (SSSR count). The highest BCUT2D eigenvalue weighted by molar-refractivity contribution is 5.71. The summed E-state index contributed by atoms with van der Waals surface area (Å²) in [6, 6.07) is 13.3. The molecule has 1 aliphatic carbocycles. The number of benzene rings is 2. The van der Waals surface area contributed by atoms with E-state index >= 15 is 0 Å². The number of fused-ring (bicyclic) bond motifs is 1. The second-order valence-electron chi connectivity index (χ2n) is 8.65. The van der Waals surface area contributed by atoms with Gasteiger partial charge in [0, 0.05) is 11.6 Å². The Balaban J connectivity index is 1.66. The molecule has 34 heavy (non-hydrogen) atoms. The summed E-state index contributed by atoms with van der Waals surface area (Å²) in [5.41, 5.74) is 7.46. The Morgan fingerprint density at radius 2 is 1.62 bits per heavy atom. The smallest absolute Gasteiger partial charge is 0.330 e. The molecule has 174 valence electrons. The van der Waals surface area contributed by atoms with E-state index in [9.17, 15) is 14.0 Å². The zero-order chi connectivity index (χ0) is 23.7. The average Bonchev–Trinajstić information content (AvgIpc) is 3.38. The number of aromatic nitrogens is 5. The number of hydrogen-bond donors (Lipinski definition) is 1. The fourth-order valence-corrected chi connectivity index (χ4v) is 4.57. The predicted octanol–water partition coefficient (Wildman–Crippen LogP) is 2.82. The molecule has 0 unspecified atom stereocenters. The van der Waals surface area contributed by atoms with Crippen molar-refractivity contribution in [1.29, 1.82) is 0 Å². The van der Waals surface area contributed by atoms with Crippen LogP contribution < -0.4 is 17.0 Å². The summed E-state index contributed by atoms with van der Waals surface area (Å²) < 4.78 is 16.2. The van der Waals surface area contributed by atoms with Crippen molar-refractivity contribution in [3.05, 3.63) is 86.3 Å². The van der Waals surface area contributed by atoms with Gasteiger partial charge >= 0.3 is 5.69 Å². The Morgan fingerprint density at radius 3 is 2.29 bits per heavy atom. The summed E-state index contributed by atoms with van der Waals surface area (Å²) >= 11 is 0. The SMILES string of the molecule is NCCc1ccc(Cn2c(=O)c3nc(-c4ccc(F)cc4)nnc3n(C3CCCC3)c2=O)cc1. The van der Waals surface area contributed by atoms with Crippen molar-refractivity contribution in [3.8, 4) is 11.4 Å². The van der Waals surface area contributed by atoms with Crippen LogP contribution in [0, 0.1) is 5.82 Å². The lowest BCUT2D eigenvalue weighted by Gasteiger charge is -2.18. The third-order valence-corrected chi connectivity index (χ3v) is 6.37. The molecular weight excluding hydrogens is 435 g/mol. The van der Waals surface area contributed by atoms with E-state index < -0.39 is 11.2 Å². The van der Waals surface area contributed by atoms with Crippen LogP contribution in [0.15, 0.2) is 58.1 Å². The maximum atomic E-state index is 13.5. The summed E-state index contributed by atoms with van der Waals surface area (Å²) in [7, 11) is 0. The minimum absolute atomic E-state index is 0.0541. The summed E-state index contributed by atoms with van der Waals surface area (Å²) in [6.45, 7) is 0.678. The van der Waals surface area contributed by atoms with Gasteiger partial charge in [-0.15, -0.1) is 10.2 Å². The topological polar surface area (TPSA) is 109 Å². The van der Waals surface area contributed by atoms with E-state index in [0.29, 0.717) is 12.1 Å². The molecule has 2 N–H and O–H groups in total. The van der Waals surface area contributed by atoms with Gasteiger partial charge in [-0.3, -0.25) is 13.9 Å². The largest absolute Gasteiger partial charge is 0.333 e. The van der Waals surface area contributed by atoms with Crippen LogP contribution in [0.2, 0.25) is 0 Å². The molecule has 0 saturated heterocycles. The number of hydrogen-bond acceptors (Lipinski definition) is 6. The van der Waals surface area contributed by atoms with Crippen LogP contribution in [0.1, 0.15) is 42.9 Å². The zero-order valence-corrected chi connectivity index (χ0v) is 18.7. The second kappa shape index (κ2) is 9.26. The normalized spacial score (nSPS) is 14.2. The van der Waals surface area contributed by atoms with Crippen molar-refractivity contribution in [2.75, 3.05) is 6.54 Å². The highest BCUT2D eigenvalue weighted by Crippen LogP contribution is 2.29. The second-order valence-corrected chi connectivity index (χ2v) is 8.65. The van der Waals surface area contributed by atoms with Crippen molar-refractivity contribution in [2.45, 2.75) is 44.7 Å². The molecule has 0 atom stereocenters. The molecule has 2 heterocycles. The zero-order valence-electron chi connectivity index (χ0n) is 18.7. The lowest BCUT2D eigenvalue weighted by Crippen LogP contribution is -2.42. The van der Waals surface area contributed by atoms with Crippen LogP contribution in [-0.2, 0) is 13.0 Å². The summed E-state index contributed by atoms with van der Waals surface area (Å²) in [4.78, 5) is 31.5. The van der Waals surface area contributed by atoms with Gasteiger partial charge in [0.15, 0.2) is 17.0 Å². The maximum absolute atomic E-state index is 13.5. The van der Waals surface area contributed by atoms with E-state index in [4.69, 9.17) is 5.73 Å². The van der Waals surface area contributed by atoms with Crippen LogP contribution in [0.4, 0.5) is 4.39 Å². The van der Waals surface area contributed by atoms with Crippen LogP contribution in [-0.4, -0.2) is 30.9 Å². The van der Waals surface area contributed by atoms with E-state index in [1.54, 1.807) is 4.57 Å². The quantitative estimate of drug-likeness (QED) is 0.474. The molecule has 9 heteroatoms. The first kappa shape index (κ1) is 22.1. The Labute approximate surface area is 194 Å². The van der Waals surface area contributed by atoms with Gasteiger partial charge in [-0.25, -0.2) is 14.2 Å². The first-order valence-electron chi connectivity index (χ1n) is 11.5. The van der Waals surface area contributed by atoms with E-state index in [1.165, 1.54) is 28.8 Å². The summed E-state index contributed by atoms with van der Waals surface area (Å²) in [5, 5.41) is 8.42. The van der Waals surface area contributed by atoms with Gasteiger partial charge in [0.05, 0.1) is 6.54 Å². The number of nitrogens with two attached hydrogens (primary N) is 1. The molecule has 0 spiro atoms. The molecular formula is C25H25FN6O2. The van der Waals surface area contributed by atoms with Gasteiger partial charge in [0.25, 0.3) is 5.56 Å². The van der Waals surface area contributed by atoms with E-state index in [1.807, 2.05) is 24.3 Å². The highest BCUT2D eigenvalue weighted by Gasteiger charge is 2.25. The minimum atomic E-state index is -0.515. The molecule has 0 amide bonds. The van der Waals surface area contributed by atoms with Crippen molar-refractivity contribution >= 4 is 11.2 Å². The summed E-state index contributed by atoms with van der Waals surface area (Å²) in [5.74, 6) is -0.175. The van der Waals surface area contributed by atoms with Crippen molar-refractivity contribution in [1.82, 2.24) is 24.3 Å². The Kier molecular flexibility index (Phi) is 6.02. The molecule has 0 aliphatic heterocycles. The molecule has 4 aromatic rings. The predicted molar refractivity (Wildman–Crippen MR) is 127 cm³/mol. The maximum Gasteiger partial charge on any atom is 0.333 e. The molecule has 2 aromatic heterocycles. The van der Waals surface area contributed by atoms with Crippen LogP contribution >= 0.6 is 0 Å². The molecule has 1 fully saturated rings. The Hall–Kier alpha value is -3.72. The van der Waals surface area contributed by atoms with Gasteiger partial charge in [-0.05, 0) is 61.2 Å². The monoisotopic (exact) mass is 460 g/mol. The Morgan fingerprint density at radius 1 is 0.941 bits per heavy atom. The molecule has 1 saturated carbocycles. The third-order valence-electron chi connectivity index (χ3n) is 6.37. The van der Waals surface area contributed by atoms with E-state index in [-0.39, 0.29) is 35.4 Å². The van der Waals surface area contributed by atoms with E-state index in [2.05, 4.69) is 15.2 Å². The van der Waals surface area contributed by atoms with Gasteiger partial charge in [0.2, 0.25) is 0 Å². The first-order valence-corrected chi connectivity index (χ1v) is 11.5. The third kappa shape index (κ3) is 4.14. The minimum Gasteiger partial charge on any atom is -0.330 e. The number of rotatable bonds is 6. The van der Waals surface area contributed by atoms with Gasteiger partial charge in [-0.2, -0.15) is 0 Å². The summed E-state index contributed by atoms with van der Waals surface area (Å²) in [6.07, 6.45) is 4.45. The average molecular weight is 461 g/mol. The lowest BCUT2D eigenvalue weighted by atomic mass is 10.1. The number of halogens is 1. The lowest BCUT2D eigenvalue weighted by molar-refractivity contribution is 0.480. The highest BCUT2D eigenvalue weighted by atomic mass is 19.1. The van der Waals surface area contributed by atoms with Crippen molar-refractivity contribution in [2.24, 2.45) is 5.73 Å². The first-order chi connectivity index (χ1) is 16.5. The number of nitrogens with zero attached hydrogens (tertiary/aromatic N) is 5. The van der Waals surface area contributed by atoms with Crippen LogP contribution in [0.5, 0.6) is 0 Å². The van der Waals surface area contributed by atoms with E-state index in [0.717, 1.165) is 43.2 Å². The van der Waals surface area contributed by atoms with Crippen LogP contribution in [0.25, 0.3) is 22.6 Å². The van der Waals surface area contributed by atoms with Gasteiger partial charge in [-0.1, -0.05) is 37.1 Å². The molecule has 1 aliphatic rings. The standard InChI is InChI=1S/C25H25FN6O2/c26-19-11-9-18(10-12-19)22-28-21-23(30-29-22)32(20-3-1-2-4-20)25(34)31(24(21)33)15-17-7-5-16(6-8-17)13-14-27/h5-12,20H,1-4,13-15,27H2. The molecule has 0 bridgehead atoms. The molecule has 8 nitrogen and oxygen atoms in total. The Bertz CT molecular complexity index is 1440. The molecule has 0 radical (unpaired) electrons. The van der Waals surface area contributed by atoms with Crippen molar-refractivity contribution < 1.29 is 4.39 Å². The fraction of sp³-hybridized carbons (Fsp3) is 0.320. The molecule has 2 aromatic carbocycles. The van der Waals surface area contributed by atoms with Crippen molar-refractivity contribution in [3.63, 3.8) is 0 Å². The van der Waals surface area contributed by atoms with Crippen LogP contribution in [0.3, 0.4) is 0 Å². The van der Waals surface area contributed by atoms with Gasteiger partial charge in [0.1, 0.15) is 5.82 Å². The fourth-order valence-electron chi connectivity index (χ4n) is 4.57. The van der Waals surface area contributed by atoms with Gasteiger partial charge < -0.3 is 5.73 Å².